The fourth-order valence-corrected chi connectivity index (χ4v) is 4.74. The van der Waals surface area contributed by atoms with Crippen LogP contribution in [-0.2, 0) is 20.9 Å². The normalized spacial score (nSPS) is 16.1. The number of nitrogens with zero attached hydrogens (tertiary/aromatic N) is 1. The Morgan fingerprint density at radius 3 is 2.26 bits per heavy atom. The average molecular weight is 508 g/mol. The minimum atomic E-state index is -4.78. The second kappa shape index (κ2) is 9.28. The van der Waals surface area contributed by atoms with Gasteiger partial charge in [-0.3, -0.25) is 4.72 Å². The van der Waals surface area contributed by atoms with Gasteiger partial charge in [0.15, 0.2) is 0 Å². The number of anilines is 2. The van der Waals surface area contributed by atoms with E-state index in [1.807, 2.05) is 0 Å². The summed E-state index contributed by atoms with van der Waals surface area (Å²) in [6, 6.07) is 5.79. The van der Waals surface area contributed by atoms with Crippen molar-refractivity contribution in [3.8, 4) is 5.75 Å². The predicted octanol–water partition coefficient (Wildman–Crippen LogP) is 4.54. The molecule has 1 heterocycles. The monoisotopic (exact) mass is 508 g/mol. The lowest BCUT2D eigenvalue weighted by molar-refractivity contribution is -0.137. The van der Waals surface area contributed by atoms with Gasteiger partial charge < -0.3 is 14.4 Å². The molecule has 186 valence electrons. The Labute approximate surface area is 192 Å². The lowest BCUT2D eigenvalue weighted by Crippen LogP contribution is -2.39. The summed E-state index contributed by atoms with van der Waals surface area (Å²) in [6.45, 7) is -0.373. The first kappa shape index (κ1) is 25.5. The highest BCUT2D eigenvalue weighted by Crippen LogP contribution is 2.39. The van der Waals surface area contributed by atoms with E-state index < -0.39 is 57.1 Å². The highest BCUT2D eigenvalue weighted by atomic mass is 32.2. The summed E-state index contributed by atoms with van der Waals surface area (Å²) in [5.74, 6) is -3.93. The van der Waals surface area contributed by atoms with Gasteiger partial charge in [0.25, 0.3) is 15.9 Å². The smallest absolute Gasteiger partial charge is 0.416 e. The molecule has 0 aliphatic carbocycles. The van der Waals surface area contributed by atoms with E-state index >= 15 is 0 Å². The molecule has 0 atom stereocenters. The molecule has 1 saturated heterocycles. The van der Waals surface area contributed by atoms with Gasteiger partial charge in [0, 0.05) is 25.9 Å². The van der Waals surface area contributed by atoms with Gasteiger partial charge in [-0.25, -0.2) is 22.0 Å². The van der Waals surface area contributed by atoms with E-state index in [0.717, 1.165) is 25.3 Å². The molecule has 1 aliphatic heterocycles. The maximum absolute atomic E-state index is 13.6. The Bertz CT molecular complexity index is 1170. The Kier molecular flexibility index (Phi) is 6.97. The standard InChI is InChI=1S/C21H21F5N2O5S/c1-32-17-6-3-13(19(29)33-2)11-18(17)34(30,31)27-15-12-14(21(24,25)26)4-5-16(15)28-9-7-20(22,23)8-10-28/h3-6,11-12,27H,7-10H2,1-2H3. The fraction of sp³-hybridized carbons (Fsp3) is 0.381. The first-order valence-corrected chi connectivity index (χ1v) is 11.4. The van der Waals surface area contributed by atoms with Crippen molar-refractivity contribution in [2.24, 2.45) is 0 Å². The van der Waals surface area contributed by atoms with E-state index in [4.69, 9.17) is 4.74 Å². The Morgan fingerprint density at radius 1 is 1.06 bits per heavy atom. The lowest BCUT2D eigenvalue weighted by Gasteiger charge is -2.34. The molecule has 34 heavy (non-hydrogen) atoms. The van der Waals surface area contributed by atoms with Crippen LogP contribution in [0.15, 0.2) is 41.3 Å². The van der Waals surface area contributed by atoms with Gasteiger partial charge in [-0.1, -0.05) is 0 Å². The highest BCUT2D eigenvalue weighted by Gasteiger charge is 2.36. The number of carbonyl (C=O) groups is 1. The van der Waals surface area contributed by atoms with Crippen molar-refractivity contribution in [3.63, 3.8) is 0 Å². The Balaban J connectivity index is 2.07. The number of piperidine rings is 1. The number of nitrogens with one attached hydrogen (secondary N) is 1. The summed E-state index contributed by atoms with van der Waals surface area (Å²) in [6.07, 6.45) is -5.85. The maximum atomic E-state index is 13.6. The molecule has 7 nitrogen and oxygen atoms in total. The van der Waals surface area contributed by atoms with Gasteiger partial charge in [-0.15, -0.1) is 0 Å². The zero-order valence-electron chi connectivity index (χ0n) is 18.1. The average Bonchev–Trinajstić information content (AvgIpc) is 2.77. The van der Waals surface area contributed by atoms with E-state index in [0.29, 0.717) is 6.07 Å². The van der Waals surface area contributed by atoms with E-state index in [-0.39, 0.29) is 30.1 Å². The molecule has 3 rings (SSSR count). The van der Waals surface area contributed by atoms with Crippen LogP contribution in [0.4, 0.5) is 33.3 Å². The van der Waals surface area contributed by atoms with E-state index in [1.54, 1.807) is 0 Å². The fourth-order valence-electron chi connectivity index (χ4n) is 3.48. The maximum Gasteiger partial charge on any atom is 0.416 e. The van der Waals surface area contributed by atoms with Crippen molar-refractivity contribution in [3.05, 3.63) is 47.5 Å². The minimum Gasteiger partial charge on any atom is -0.495 e. The molecule has 0 unspecified atom stereocenters. The molecule has 0 saturated carbocycles. The molecule has 0 aromatic heterocycles. The van der Waals surface area contributed by atoms with Crippen LogP contribution in [0.2, 0.25) is 0 Å². The number of hydrogen-bond acceptors (Lipinski definition) is 6. The molecule has 0 radical (unpaired) electrons. The molecule has 0 spiro atoms. The molecule has 0 bridgehead atoms. The molecule has 2 aromatic carbocycles. The van der Waals surface area contributed by atoms with Crippen LogP contribution < -0.4 is 14.4 Å². The summed E-state index contributed by atoms with van der Waals surface area (Å²) in [7, 11) is -2.32. The predicted molar refractivity (Wildman–Crippen MR) is 113 cm³/mol. The van der Waals surface area contributed by atoms with Gasteiger partial charge in [-0.2, -0.15) is 13.2 Å². The molecule has 0 amide bonds. The largest absolute Gasteiger partial charge is 0.495 e. The van der Waals surface area contributed by atoms with Gasteiger partial charge in [0.1, 0.15) is 10.6 Å². The summed E-state index contributed by atoms with van der Waals surface area (Å²) >= 11 is 0. The number of ether oxygens (including phenoxy) is 2. The molecule has 1 fully saturated rings. The van der Waals surface area contributed by atoms with E-state index in [9.17, 15) is 35.2 Å². The second-order valence-corrected chi connectivity index (χ2v) is 9.19. The number of alkyl halides is 5. The molecule has 2 aromatic rings. The zero-order chi connectivity index (χ0) is 25.3. The van der Waals surface area contributed by atoms with Crippen molar-refractivity contribution in [2.75, 3.05) is 36.9 Å². The molecule has 1 N–H and O–H groups in total. The number of sulfonamides is 1. The van der Waals surface area contributed by atoms with Gasteiger partial charge in [0.05, 0.1) is 36.7 Å². The Hall–Kier alpha value is -3.09. The van der Waals surface area contributed by atoms with Crippen LogP contribution in [0.1, 0.15) is 28.8 Å². The number of halogens is 5. The quantitative estimate of drug-likeness (QED) is 0.456. The van der Waals surface area contributed by atoms with Crippen molar-refractivity contribution in [1.29, 1.82) is 0 Å². The summed E-state index contributed by atoms with van der Waals surface area (Å²) in [4.78, 5) is 12.7. The number of hydrogen-bond donors (Lipinski definition) is 1. The van der Waals surface area contributed by atoms with Gasteiger partial charge in [-0.05, 0) is 36.4 Å². The summed E-state index contributed by atoms with van der Waals surface area (Å²) in [5, 5.41) is 0. The van der Waals surface area contributed by atoms with E-state index in [1.165, 1.54) is 24.1 Å². The topological polar surface area (TPSA) is 84.9 Å². The number of rotatable bonds is 6. The third-order valence-electron chi connectivity index (χ3n) is 5.28. The first-order valence-electron chi connectivity index (χ1n) is 9.90. The highest BCUT2D eigenvalue weighted by molar-refractivity contribution is 7.92. The van der Waals surface area contributed by atoms with Crippen LogP contribution >= 0.6 is 0 Å². The zero-order valence-corrected chi connectivity index (χ0v) is 18.9. The van der Waals surface area contributed by atoms with Crippen molar-refractivity contribution in [1.82, 2.24) is 0 Å². The van der Waals surface area contributed by atoms with Crippen LogP contribution in [-0.4, -0.2) is 47.6 Å². The Morgan fingerprint density at radius 2 is 1.71 bits per heavy atom. The molecular formula is C21H21F5N2O5S. The lowest BCUT2D eigenvalue weighted by atomic mass is 10.0. The SMILES string of the molecule is COC(=O)c1ccc(OC)c(S(=O)(=O)Nc2cc(C(F)(F)F)ccc2N2CCC(F)(F)CC2)c1. The number of benzene rings is 2. The number of esters is 1. The van der Waals surface area contributed by atoms with Crippen molar-refractivity contribution >= 4 is 27.4 Å². The summed E-state index contributed by atoms with van der Waals surface area (Å²) in [5.41, 5.74) is -1.71. The third-order valence-corrected chi connectivity index (χ3v) is 6.66. The molecule has 13 heteroatoms. The molecule has 1 aliphatic rings. The van der Waals surface area contributed by atoms with Crippen molar-refractivity contribution in [2.45, 2.75) is 29.8 Å². The third kappa shape index (κ3) is 5.51. The number of carbonyl (C=O) groups excluding carboxylic acids is 1. The van der Waals surface area contributed by atoms with Crippen LogP contribution in [0, 0.1) is 0 Å². The van der Waals surface area contributed by atoms with Crippen molar-refractivity contribution < 1.29 is 44.6 Å². The molecular weight excluding hydrogens is 487 g/mol. The summed E-state index contributed by atoms with van der Waals surface area (Å²) < 4.78 is 105. The minimum absolute atomic E-state index is 0.00941. The van der Waals surface area contributed by atoms with Crippen LogP contribution in [0.5, 0.6) is 5.75 Å². The van der Waals surface area contributed by atoms with Gasteiger partial charge >= 0.3 is 12.1 Å². The first-order chi connectivity index (χ1) is 15.8. The number of methoxy groups -OCH3 is 2. The second-order valence-electron chi connectivity index (χ2n) is 7.54. The van der Waals surface area contributed by atoms with Crippen LogP contribution in [0.3, 0.4) is 0 Å². The van der Waals surface area contributed by atoms with Crippen LogP contribution in [0.25, 0.3) is 0 Å². The van der Waals surface area contributed by atoms with E-state index in [2.05, 4.69) is 9.46 Å². The van der Waals surface area contributed by atoms with Gasteiger partial charge in [0.2, 0.25) is 0 Å².